The fourth-order valence-corrected chi connectivity index (χ4v) is 3.35. The molecule has 1 aliphatic carbocycles. The van der Waals surface area contributed by atoms with Crippen LogP contribution in [0.15, 0.2) is 12.1 Å². The van der Waals surface area contributed by atoms with E-state index >= 15 is 0 Å². The minimum Gasteiger partial charge on any atom is -0.508 e. The van der Waals surface area contributed by atoms with Gasteiger partial charge in [-0.1, -0.05) is 18.9 Å². The van der Waals surface area contributed by atoms with Crippen molar-refractivity contribution in [1.29, 1.82) is 0 Å². The molecule has 0 amide bonds. The summed E-state index contributed by atoms with van der Waals surface area (Å²) >= 11 is 0. The van der Waals surface area contributed by atoms with Crippen molar-refractivity contribution in [3.8, 4) is 5.75 Å². The molecule has 0 bridgehead atoms. The van der Waals surface area contributed by atoms with Crippen LogP contribution in [0.4, 0.5) is 0 Å². The first-order valence-corrected chi connectivity index (χ1v) is 7.08. The summed E-state index contributed by atoms with van der Waals surface area (Å²) in [5, 5.41) is 19.8. The first-order chi connectivity index (χ1) is 9.38. The van der Waals surface area contributed by atoms with Gasteiger partial charge in [-0.15, -0.1) is 0 Å². The zero-order chi connectivity index (χ0) is 14.9. The molecule has 0 aromatic heterocycles. The molecule has 110 valence electrons. The molecule has 1 aromatic carbocycles. The van der Waals surface area contributed by atoms with Crippen LogP contribution in [0.5, 0.6) is 5.75 Å². The predicted octanol–water partition coefficient (Wildman–Crippen LogP) is 2.66. The second-order valence-electron chi connectivity index (χ2n) is 6.07. The number of carboxylic acids is 1. The Morgan fingerprint density at radius 1 is 1.30 bits per heavy atom. The number of aromatic hydroxyl groups is 1. The highest BCUT2D eigenvalue weighted by molar-refractivity contribution is 5.82. The number of rotatable bonds is 4. The average Bonchev–Trinajstić information content (AvgIpc) is 2.84. The largest absolute Gasteiger partial charge is 0.508 e. The third kappa shape index (κ3) is 2.40. The lowest BCUT2D eigenvalue weighted by Gasteiger charge is -2.28. The summed E-state index contributed by atoms with van der Waals surface area (Å²) < 4.78 is 0. The molecule has 2 N–H and O–H groups in total. The number of benzene rings is 1. The molecule has 1 aliphatic rings. The maximum Gasteiger partial charge on any atom is 0.314 e. The number of aliphatic carboxylic acids is 1. The number of hydrogen-bond donors (Lipinski definition) is 2. The molecule has 1 aromatic rings. The number of carboxylic acid groups (broad SMARTS) is 1. The van der Waals surface area contributed by atoms with Crippen LogP contribution >= 0.6 is 0 Å². The van der Waals surface area contributed by atoms with Gasteiger partial charge in [0.1, 0.15) is 5.75 Å². The molecule has 1 saturated carbocycles. The van der Waals surface area contributed by atoms with E-state index < -0.39 is 11.4 Å². The van der Waals surface area contributed by atoms with E-state index in [4.69, 9.17) is 0 Å². The first kappa shape index (κ1) is 14.9. The van der Waals surface area contributed by atoms with E-state index in [-0.39, 0.29) is 5.75 Å². The van der Waals surface area contributed by atoms with Crippen LogP contribution in [0.1, 0.15) is 42.4 Å². The summed E-state index contributed by atoms with van der Waals surface area (Å²) in [7, 11) is 3.88. The van der Waals surface area contributed by atoms with E-state index in [9.17, 15) is 15.0 Å². The Bertz CT molecular complexity index is 517. The lowest BCUT2D eigenvalue weighted by molar-refractivity contribution is -0.143. The maximum absolute atomic E-state index is 11.8. The molecular formula is C16H23NO3. The van der Waals surface area contributed by atoms with Crippen LogP contribution in [0.3, 0.4) is 0 Å². The first-order valence-electron chi connectivity index (χ1n) is 7.08. The molecule has 0 aliphatic heterocycles. The number of phenols is 1. The van der Waals surface area contributed by atoms with E-state index in [2.05, 4.69) is 0 Å². The third-order valence-corrected chi connectivity index (χ3v) is 4.43. The average molecular weight is 277 g/mol. The summed E-state index contributed by atoms with van der Waals surface area (Å²) in [6.45, 7) is 2.54. The maximum atomic E-state index is 11.8. The molecule has 0 unspecified atom stereocenters. The molecular weight excluding hydrogens is 254 g/mol. The molecule has 20 heavy (non-hydrogen) atoms. The Morgan fingerprint density at radius 2 is 1.90 bits per heavy atom. The van der Waals surface area contributed by atoms with Crippen LogP contribution in [0.2, 0.25) is 0 Å². The molecule has 2 rings (SSSR count). The van der Waals surface area contributed by atoms with E-state index in [1.54, 1.807) is 12.1 Å². The molecule has 0 heterocycles. The quantitative estimate of drug-likeness (QED) is 0.888. The normalized spacial score (nSPS) is 17.6. The number of nitrogens with zero attached hydrogens (tertiary/aromatic N) is 1. The minimum atomic E-state index is -0.765. The van der Waals surface area contributed by atoms with Gasteiger partial charge < -0.3 is 15.1 Å². The van der Waals surface area contributed by atoms with Gasteiger partial charge in [0.15, 0.2) is 0 Å². The summed E-state index contributed by atoms with van der Waals surface area (Å²) in [5.74, 6) is -0.488. The predicted molar refractivity (Wildman–Crippen MR) is 78.0 cm³/mol. The fraction of sp³-hybridized carbons (Fsp3) is 0.562. The van der Waals surface area contributed by atoms with Crippen LogP contribution in [0, 0.1) is 6.92 Å². The highest BCUT2D eigenvalue weighted by atomic mass is 16.4. The SMILES string of the molecule is Cc1c(C2(C(=O)O)CCCC2)ccc(O)c1CN(C)C. The van der Waals surface area contributed by atoms with Crippen LogP contribution in [0.25, 0.3) is 0 Å². The van der Waals surface area contributed by atoms with Crippen LogP contribution < -0.4 is 0 Å². The molecule has 0 saturated heterocycles. The van der Waals surface area contributed by atoms with Gasteiger partial charge in [0.2, 0.25) is 0 Å². The van der Waals surface area contributed by atoms with Crippen LogP contribution in [-0.2, 0) is 16.8 Å². The second kappa shape index (κ2) is 5.44. The molecule has 4 nitrogen and oxygen atoms in total. The number of hydrogen-bond acceptors (Lipinski definition) is 3. The van der Waals surface area contributed by atoms with Crippen molar-refractivity contribution >= 4 is 5.97 Å². The molecule has 0 radical (unpaired) electrons. The highest BCUT2D eigenvalue weighted by Crippen LogP contribution is 2.44. The summed E-state index contributed by atoms with van der Waals surface area (Å²) in [5.41, 5.74) is 1.86. The van der Waals surface area contributed by atoms with E-state index in [1.165, 1.54) is 0 Å². The Hall–Kier alpha value is -1.55. The van der Waals surface area contributed by atoms with Crippen molar-refractivity contribution in [2.24, 2.45) is 0 Å². The van der Waals surface area contributed by atoms with Gasteiger partial charge in [0.25, 0.3) is 0 Å². The lowest BCUT2D eigenvalue weighted by Crippen LogP contribution is -2.33. The second-order valence-corrected chi connectivity index (χ2v) is 6.07. The third-order valence-electron chi connectivity index (χ3n) is 4.43. The van der Waals surface area contributed by atoms with Gasteiger partial charge in [-0.2, -0.15) is 0 Å². The lowest BCUT2D eigenvalue weighted by atomic mass is 9.76. The highest BCUT2D eigenvalue weighted by Gasteiger charge is 2.44. The standard InChI is InChI=1S/C16H23NO3/c1-11-12(10-17(2)3)14(18)7-6-13(11)16(15(19)20)8-4-5-9-16/h6-7,18H,4-5,8-10H2,1-3H3,(H,19,20). The zero-order valence-corrected chi connectivity index (χ0v) is 12.4. The Kier molecular flexibility index (Phi) is 4.04. The molecule has 0 atom stereocenters. The Morgan fingerprint density at radius 3 is 2.40 bits per heavy atom. The molecule has 1 fully saturated rings. The van der Waals surface area contributed by atoms with Gasteiger partial charge in [0.05, 0.1) is 5.41 Å². The Balaban J connectivity index is 2.54. The van der Waals surface area contributed by atoms with E-state index in [0.29, 0.717) is 19.4 Å². The van der Waals surface area contributed by atoms with Gasteiger partial charge in [-0.25, -0.2) is 0 Å². The van der Waals surface area contributed by atoms with E-state index in [0.717, 1.165) is 29.5 Å². The summed E-state index contributed by atoms with van der Waals surface area (Å²) in [4.78, 5) is 13.8. The van der Waals surface area contributed by atoms with Gasteiger partial charge in [0, 0.05) is 12.1 Å². The molecule has 0 spiro atoms. The van der Waals surface area contributed by atoms with Crippen molar-refractivity contribution in [3.05, 3.63) is 28.8 Å². The smallest absolute Gasteiger partial charge is 0.314 e. The van der Waals surface area contributed by atoms with Crippen LogP contribution in [-0.4, -0.2) is 35.2 Å². The van der Waals surface area contributed by atoms with E-state index in [1.807, 2.05) is 25.9 Å². The topological polar surface area (TPSA) is 60.8 Å². The van der Waals surface area contributed by atoms with Crippen molar-refractivity contribution in [1.82, 2.24) is 4.90 Å². The van der Waals surface area contributed by atoms with Crippen molar-refractivity contribution in [3.63, 3.8) is 0 Å². The van der Waals surface area contributed by atoms with Crippen molar-refractivity contribution in [2.75, 3.05) is 14.1 Å². The van der Waals surface area contributed by atoms with Gasteiger partial charge in [-0.05, 0) is 51.1 Å². The summed E-state index contributed by atoms with van der Waals surface area (Å²) in [6, 6.07) is 3.44. The fourth-order valence-electron chi connectivity index (χ4n) is 3.35. The van der Waals surface area contributed by atoms with Gasteiger partial charge in [-0.3, -0.25) is 4.79 Å². The van der Waals surface area contributed by atoms with Crippen molar-refractivity contribution in [2.45, 2.75) is 44.6 Å². The minimum absolute atomic E-state index is 0.249. The Labute approximate surface area is 120 Å². The van der Waals surface area contributed by atoms with Gasteiger partial charge >= 0.3 is 5.97 Å². The zero-order valence-electron chi connectivity index (χ0n) is 12.4. The van der Waals surface area contributed by atoms with Crippen molar-refractivity contribution < 1.29 is 15.0 Å². The number of carbonyl (C=O) groups is 1. The number of phenolic OH excluding ortho intramolecular Hbond substituents is 1. The monoisotopic (exact) mass is 277 g/mol. The molecule has 4 heteroatoms. The summed E-state index contributed by atoms with van der Waals surface area (Å²) in [6.07, 6.45) is 3.29.